The Morgan fingerprint density at radius 1 is 1.27 bits per heavy atom. The fraction of sp³-hybridized carbons (Fsp3) is 0.348. The van der Waals surface area contributed by atoms with E-state index in [9.17, 15) is 4.79 Å². The van der Waals surface area contributed by atoms with Crippen LogP contribution < -0.4 is 0 Å². The van der Waals surface area contributed by atoms with Crippen LogP contribution in [0.4, 0.5) is 5.69 Å². The highest BCUT2D eigenvalue weighted by Gasteiger charge is 2.23. The molecule has 0 aliphatic carbocycles. The van der Waals surface area contributed by atoms with Gasteiger partial charge in [-0.05, 0) is 32.4 Å². The highest BCUT2D eigenvalue weighted by Crippen LogP contribution is 2.40. The first-order chi connectivity index (χ1) is 14.5. The number of morpholine rings is 1. The van der Waals surface area contributed by atoms with Gasteiger partial charge in [-0.2, -0.15) is 0 Å². The zero-order valence-corrected chi connectivity index (χ0v) is 18.2. The van der Waals surface area contributed by atoms with E-state index in [1.54, 1.807) is 6.34 Å². The van der Waals surface area contributed by atoms with Crippen molar-refractivity contribution in [3.63, 3.8) is 0 Å². The Labute approximate surface area is 180 Å². The van der Waals surface area contributed by atoms with E-state index < -0.39 is 0 Å². The van der Waals surface area contributed by atoms with Crippen LogP contribution in [0, 0.1) is 6.92 Å². The number of benzene rings is 1. The van der Waals surface area contributed by atoms with E-state index in [-0.39, 0.29) is 12.1 Å². The normalized spacial score (nSPS) is 14.7. The minimum Gasteiger partial charge on any atom is -0.459 e. The highest BCUT2D eigenvalue weighted by atomic mass is 32.1. The predicted molar refractivity (Wildman–Crippen MR) is 121 cm³/mol. The molecule has 156 valence electrons. The molecule has 1 fully saturated rings. The molecule has 1 aromatic carbocycles. The van der Waals surface area contributed by atoms with Crippen molar-refractivity contribution >= 4 is 39.5 Å². The van der Waals surface area contributed by atoms with Crippen LogP contribution >= 0.6 is 11.3 Å². The van der Waals surface area contributed by atoms with Gasteiger partial charge in [-0.15, -0.1) is 11.3 Å². The number of aliphatic imine (C=N–C) groups is 1. The summed E-state index contributed by atoms with van der Waals surface area (Å²) >= 11 is 1.34. The maximum atomic E-state index is 12.8. The van der Waals surface area contributed by atoms with E-state index in [2.05, 4.69) is 11.0 Å². The molecule has 2 aromatic heterocycles. The Kier molecular flexibility index (Phi) is 6.11. The number of fused-ring (bicyclic) bond motifs is 1. The number of carbonyl (C=O) groups excluding carboxylic acids is 1. The van der Waals surface area contributed by atoms with Gasteiger partial charge in [0, 0.05) is 24.0 Å². The lowest BCUT2D eigenvalue weighted by atomic mass is 10.1. The summed E-state index contributed by atoms with van der Waals surface area (Å²) in [5.41, 5.74) is 3.60. The van der Waals surface area contributed by atoms with Crippen molar-refractivity contribution in [3.8, 4) is 11.3 Å². The number of esters is 1. The summed E-state index contributed by atoms with van der Waals surface area (Å²) in [6.07, 6.45) is 1.61. The topological polar surface area (TPSA) is 64.0 Å². The van der Waals surface area contributed by atoms with E-state index in [0.29, 0.717) is 23.8 Å². The van der Waals surface area contributed by atoms with Gasteiger partial charge in [0.25, 0.3) is 0 Å². The molecule has 6 nitrogen and oxygen atoms in total. The molecule has 1 aliphatic heterocycles. The Morgan fingerprint density at radius 2 is 2.00 bits per heavy atom. The SMILES string of the molecule is Cc1cc(-c2ccccc2)nc2sc(C(=O)OC(C)C)c(N=CN3CCOCC3)c12. The smallest absolute Gasteiger partial charge is 0.350 e. The third-order valence-corrected chi connectivity index (χ3v) is 5.88. The van der Waals surface area contributed by atoms with Crippen molar-refractivity contribution in [1.29, 1.82) is 0 Å². The predicted octanol–water partition coefficient (Wildman–Crippen LogP) is 4.83. The van der Waals surface area contributed by atoms with E-state index in [1.807, 2.05) is 51.1 Å². The monoisotopic (exact) mass is 423 g/mol. The van der Waals surface area contributed by atoms with Crippen molar-refractivity contribution in [3.05, 3.63) is 46.8 Å². The number of carbonyl (C=O) groups is 1. The number of aryl methyl sites for hydroxylation is 1. The second-order valence-electron chi connectivity index (χ2n) is 7.50. The fourth-order valence-electron chi connectivity index (χ4n) is 3.38. The van der Waals surface area contributed by atoms with Crippen molar-refractivity contribution in [2.24, 2.45) is 4.99 Å². The van der Waals surface area contributed by atoms with Crippen LogP contribution in [0.2, 0.25) is 0 Å². The molecule has 0 unspecified atom stereocenters. The first kappa shape index (κ1) is 20.5. The Bertz CT molecular complexity index is 1070. The standard InChI is InChI=1S/C23H25N3O3S/c1-15(2)29-23(27)21-20(24-14-26-9-11-28-12-10-26)19-16(3)13-18(25-22(19)30-21)17-7-5-4-6-8-17/h4-8,13-15H,9-12H2,1-3H3. The zero-order chi connectivity index (χ0) is 21.1. The Hall–Kier alpha value is -2.77. The summed E-state index contributed by atoms with van der Waals surface area (Å²) < 4.78 is 10.9. The minimum absolute atomic E-state index is 0.201. The van der Waals surface area contributed by atoms with Crippen LogP contribution in [0.15, 0.2) is 41.4 Å². The first-order valence-electron chi connectivity index (χ1n) is 10.1. The number of pyridine rings is 1. The van der Waals surface area contributed by atoms with Crippen LogP contribution in [-0.4, -0.2) is 54.6 Å². The summed E-state index contributed by atoms with van der Waals surface area (Å²) in [6.45, 7) is 8.66. The number of ether oxygens (including phenoxy) is 2. The third kappa shape index (κ3) is 4.37. The van der Waals surface area contributed by atoms with Crippen LogP contribution in [0.3, 0.4) is 0 Å². The summed E-state index contributed by atoms with van der Waals surface area (Å²) in [4.78, 5) is 25.8. The van der Waals surface area contributed by atoms with Gasteiger partial charge in [-0.1, -0.05) is 30.3 Å². The van der Waals surface area contributed by atoms with Gasteiger partial charge in [-0.3, -0.25) is 0 Å². The molecule has 1 saturated heterocycles. The number of nitrogens with zero attached hydrogens (tertiary/aromatic N) is 3. The molecular weight excluding hydrogens is 398 g/mol. The summed E-state index contributed by atoms with van der Waals surface area (Å²) in [5.74, 6) is -0.359. The lowest BCUT2D eigenvalue weighted by molar-refractivity contribution is 0.0385. The molecule has 0 spiro atoms. The van der Waals surface area contributed by atoms with Gasteiger partial charge >= 0.3 is 5.97 Å². The van der Waals surface area contributed by atoms with Gasteiger partial charge in [0.05, 0.1) is 37.0 Å². The quantitative estimate of drug-likeness (QED) is 0.334. The molecule has 0 saturated carbocycles. The molecule has 1 aliphatic rings. The maximum absolute atomic E-state index is 12.8. The van der Waals surface area contributed by atoms with E-state index in [1.165, 1.54) is 11.3 Å². The van der Waals surface area contributed by atoms with Crippen molar-refractivity contribution < 1.29 is 14.3 Å². The minimum atomic E-state index is -0.359. The molecule has 0 bridgehead atoms. The van der Waals surface area contributed by atoms with Gasteiger partial charge in [-0.25, -0.2) is 14.8 Å². The first-order valence-corrected chi connectivity index (χ1v) is 10.9. The van der Waals surface area contributed by atoms with Gasteiger partial charge in [0.2, 0.25) is 0 Å². The zero-order valence-electron chi connectivity index (χ0n) is 17.4. The van der Waals surface area contributed by atoms with Crippen LogP contribution in [-0.2, 0) is 9.47 Å². The van der Waals surface area contributed by atoms with Crippen LogP contribution in [0.1, 0.15) is 29.1 Å². The van der Waals surface area contributed by atoms with Gasteiger partial charge < -0.3 is 14.4 Å². The van der Waals surface area contributed by atoms with E-state index in [0.717, 1.165) is 40.1 Å². The highest BCUT2D eigenvalue weighted by molar-refractivity contribution is 7.21. The second kappa shape index (κ2) is 8.93. The average molecular weight is 424 g/mol. The molecule has 3 aromatic rings. The van der Waals surface area contributed by atoms with E-state index in [4.69, 9.17) is 19.5 Å². The number of aromatic nitrogens is 1. The molecule has 4 rings (SSSR count). The van der Waals surface area contributed by atoms with Crippen molar-refractivity contribution in [2.45, 2.75) is 26.9 Å². The molecule has 0 N–H and O–H groups in total. The molecule has 7 heteroatoms. The van der Waals surface area contributed by atoms with E-state index >= 15 is 0 Å². The molecule has 0 amide bonds. The summed E-state index contributed by atoms with van der Waals surface area (Å²) in [7, 11) is 0. The van der Waals surface area contributed by atoms with Crippen molar-refractivity contribution in [2.75, 3.05) is 26.3 Å². The number of hydrogen-bond donors (Lipinski definition) is 0. The van der Waals surface area contributed by atoms with Crippen LogP contribution in [0.5, 0.6) is 0 Å². The Balaban J connectivity index is 1.81. The largest absolute Gasteiger partial charge is 0.459 e. The third-order valence-electron chi connectivity index (χ3n) is 4.83. The molecule has 30 heavy (non-hydrogen) atoms. The van der Waals surface area contributed by atoms with Crippen LogP contribution in [0.25, 0.3) is 21.5 Å². The lowest BCUT2D eigenvalue weighted by Gasteiger charge is -2.24. The van der Waals surface area contributed by atoms with Gasteiger partial charge in [0.15, 0.2) is 0 Å². The summed E-state index contributed by atoms with van der Waals surface area (Å²) in [6, 6.07) is 12.1. The fourth-order valence-corrected chi connectivity index (χ4v) is 4.46. The Morgan fingerprint density at radius 3 is 2.70 bits per heavy atom. The lowest BCUT2D eigenvalue weighted by Crippen LogP contribution is -2.35. The summed E-state index contributed by atoms with van der Waals surface area (Å²) in [5, 5.41) is 0.903. The average Bonchev–Trinajstić information content (AvgIpc) is 3.12. The number of hydrogen-bond acceptors (Lipinski definition) is 6. The maximum Gasteiger partial charge on any atom is 0.350 e. The number of thiophene rings is 1. The molecule has 0 radical (unpaired) electrons. The molecule has 0 atom stereocenters. The molecule has 3 heterocycles. The second-order valence-corrected chi connectivity index (χ2v) is 8.50. The van der Waals surface area contributed by atoms with Crippen molar-refractivity contribution in [1.82, 2.24) is 9.88 Å². The van der Waals surface area contributed by atoms with Gasteiger partial charge in [0.1, 0.15) is 9.71 Å². The number of rotatable bonds is 5. The molecular formula is C23H25N3O3S.